The molecule has 0 aromatic heterocycles. The van der Waals surface area contributed by atoms with Crippen LogP contribution in [0, 0.1) is 5.82 Å². The van der Waals surface area contributed by atoms with E-state index < -0.39 is 0 Å². The Labute approximate surface area is 130 Å². The summed E-state index contributed by atoms with van der Waals surface area (Å²) in [7, 11) is 2.07. The Balaban J connectivity index is 1.90. The Morgan fingerprint density at radius 1 is 1.05 bits per heavy atom. The van der Waals surface area contributed by atoms with Crippen LogP contribution in [-0.2, 0) is 5.41 Å². The molecule has 1 aliphatic heterocycles. The van der Waals surface area contributed by atoms with Crippen molar-refractivity contribution in [2.75, 3.05) is 11.9 Å². The zero-order valence-corrected chi connectivity index (χ0v) is 13.0. The first-order valence-electron chi connectivity index (χ1n) is 7.34. The average molecular weight is 294 g/mol. The second-order valence-electron chi connectivity index (χ2n) is 6.01. The van der Waals surface area contributed by atoms with Gasteiger partial charge in [-0.2, -0.15) is 0 Å². The van der Waals surface area contributed by atoms with Gasteiger partial charge in [0.15, 0.2) is 0 Å². The Bertz CT molecular complexity index is 742. The van der Waals surface area contributed by atoms with Gasteiger partial charge >= 0.3 is 0 Å². The van der Waals surface area contributed by atoms with E-state index in [4.69, 9.17) is 0 Å². The maximum atomic E-state index is 12.9. The van der Waals surface area contributed by atoms with Crippen LogP contribution in [0.5, 0.6) is 0 Å². The highest BCUT2D eigenvalue weighted by molar-refractivity contribution is 5.80. The fourth-order valence-corrected chi connectivity index (χ4v) is 3.02. The first-order valence-corrected chi connectivity index (χ1v) is 7.34. The summed E-state index contributed by atoms with van der Waals surface area (Å²) in [5.74, 6) is -0.246. The quantitative estimate of drug-likeness (QED) is 0.724. The molecule has 0 fully saturated rings. The third-order valence-corrected chi connectivity index (χ3v) is 4.22. The molecule has 3 heteroatoms. The molecule has 2 nitrogen and oxygen atoms in total. The van der Waals surface area contributed by atoms with Crippen molar-refractivity contribution in [2.24, 2.45) is 4.99 Å². The van der Waals surface area contributed by atoms with Gasteiger partial charge in [-0.25, -0.2) is 4.39 Å². The van der Waals surface area contributed by atoms with Crippen LogP contribution in [0.3, 0.4) is 0 Å². The molecule has 0 N–H and O–H groups in total. The predicted octanol–water partition coefficient (Wildman–Crippen LogP) is 4.84. The van der Waals surface area contributed by atoms with Crippen molar-refractivity contribution in [3.05, 3.63) is 71.7 Å². The van der Waals surface area contributed by atoms with Gasteiger partial charge in [-0.15, -0.1) is 0 Å². The number of rotatable bonds is 2. The summed E-state index contributed by atoms with van der Waals surface area (Å²) in [6.45, 7) is 4.43. The van der Waals surface area contributed by atoms with Gasteiger partial charge in [0.25, 0.3) is 0 Å². The van der Waals surface area contributed by atoms with E-state index in [1.165, 1.54) is 29.1 Å². The summed E-state index contributed by atoms with van der Waals surface area (Å²) in [5, 5.41) is 0. The Morgan fingerprint density at radius 3 is 2.41 bits per heavy atom. The summed E-state index contributed by atoms with van der Waals surface area (Å²) >= 11 is 0. The summed E-state index contributed by atoms with van der Waals surface area (Å²) in [6.07, 6.45) is 3.82. The van der Waals surface area contributed by atoms with Crippen LogP contribution in [0.4, 0.5) is 15.8 Å². The number of fused-ring (bicyclic) bond motifs is 1. The number of para-hydroxylation sites is 1. The van der Waals surface area contributed by atoms with Crippen LogP contribution in [0.1, 0.15) is 19.4 Å². The highest BCUT2D eigenvalue weighted by atomic mass is 19.1. The molecule has 0 saturated heterocycles. The largest absolute Gasteiger partial charge is 0.347 e. The molecule has 1 aliphatic rings. The summed E-state index contributed by atoms with van der Waals surface area (Å²) in [6, 6.07) is 14.6. The molecule has 0 radical (unpaired) electrons. The normalized spacial score (nSPS) is 18.2. The lowest BCUT2D eigenvalue weighted by Gasteiger charge is -2.23. The number of hydrogen-bond acceptors (Lipinski definition) is 2. The second-order valence-corrected chi connectivity index (χ2v) is 6.01. The predicted molar refractivity (Wildman–Crippen MR) is 90.5 cm³/mol. The zero-order valence-electron chi connectivity index (χ0n) is 13.0. The monoisotopic (exact) mass is 294 g/mol. The molecule has 2 aromatic rings. The Kier molecular flexibility index (Phi) is 3.57. The molecular weight excluding hydrogens is 275 g/mol. The number of allylic oxidation sites excluding steroid dienone is 2. The van der Waals surface area contributed by atoms with Gasteiger partial charge in [0.1, 0.15) is 5.82 Å². The van der Waals surface area contributed by atoms with Crippen LogP contribution < -0.4 is 4.90 Å². The third kappa shape index (κ3) is 2.43. The molecule has 0 unspecified atom stereocenters. The van der Waals surface area contributed by atoms with Gasteiger partial charge in [-0.05, 0) is 42.0 Å². The lowest BCUT2D eigenvalue weighted by atomic mass is 9.84. The van der Waals surface area contributed by atoms with Crippen LogP contribution >= 0.6 is 0 Å². The number of halogens is 1. The number of benzene rings is 2. The fourth-order valence-electron chi connectivity index (χ4n) is 3.02. The van der Waals surface area contributed by atoms with Crippen molar-refractivity contribution in [1.82, 2.24) is 0 Å². The van der Waals surface area contributed by atoms with Crippen molar-refractivity contribution < 1.29 is 4.39 Å². The maximum Gasteiger partial charge on any atom is 0.123 e. The summed E-state index contributed by atoms with van der Waals surface area (Å²) < 4.78 is 12.9. The minimum absolute atomic E-state index is 0.0554. The van der Waals surface area contributed by atoms with Gasteiger partial charge < -0.3 is 4.90 Å². The maximum absolute atomic E-state index is 12.9. The molecule has 112 valence electrons. The molecule has 0 aliphatic carbocycles. The highest BCUT2D eigenvalue weighted by Gasteiger charge is 2.37. The van der Waals surface area contributed by atoms with Crippen LogP contribution in [0.25, 0.3) is 0 Å². The van der Waals surface area contributed by atoms with E-state index in [1.807, 2.05) is 6.08 Å². The number of likely N-dealkylation sites (N-methyl/N-ethyl adjacent to an activating group) is 1. The average Bonchev–Trinajstić information content (AvgIpc) is 2.70. The molecular formula is C19H19FN2. The van der Waals surface area contributed by atoms with E-state index in [9.17, 15) is 4.39 Å². The van der Waals surface area contributed by atoms with Crippen LogP contribution in [-0.4, -0.2) is 13.3 Å². The topological polar surface area (TPSA) is 15.6 Å². The van der Waals surface area contributed by atoms with E-state index >= 15 is 0 Å². The Morgan fingerprint density at radius 2 is 1.73 bits per heavy atom. The first kappa shape index (κ1) is 14.5. The zero-order chi connectivity index (χ0) is 15.7. The highest BCUT2D eigenvalue weighted by Crippen LogP contribution is 2.46. The minimum atomic E-state index is -0.246. The van der Waals surface area contributed by atoms with Gasteiger partial charge in [0.05, 0.1) is 5.69 Å². The van der Waals surface area contributed by atoms with E-state index in [0.29, 0.717) is 0 Å². The lowest BCUT2D eigenvalue weighted by Crippen LogP contribution is -2.22. The van der Waals surface area contributed by atoms with Gasteiger partial charge in [-0.1, -0.05) is 32.0 Å². The van der Waals surface area contributed by atoms with Gasteiger partial charge in [0.2, 0.25) is 0 Å². The number of aliphatic imine (C=N–C) groups is 1. The molecule has 1 heterocycles. The molecule has 0 atom stereocenters. The first-order chi connectivity index (χ1) is 10.5. The van der Waals surface area contributed by atoms with Crippen LogP contribution in [0.15, 0.2) is 65.3 Å². The third-order valence-electron chi connectivity index (χ3n) is 4.22. The Hall–Kier alpha value is -2.42. The molecule has 0 bridgehead atoms. The van der Waals surface area contributed by atoms with Crippen molar-refractivity contribution >= 4 is 17.6 Å². The van der Waals surface area contributed by atoms with Crippen molar-refractivity contribution in [1.29, 1.82) is 0 Å². The summed E-state index contributed by atoms with van der Waals surface area (Å²) in [4.78, 5) is 6.58. The van der Waals surface area contributed by atoms with Crippen molar-refractivity contribution in [2.45, 2.75) is 19.3 Å². The van der Waals surface area contributed by atoms with Crippen molar-refractivity contribution in [3.8, 4) is 0 Å². The van der Waals surface area contributed by atoms with E-state index in [-0.39, 0.29) is 11.2 Å². The standard InChI is InChI=1S/C19H19FN2/c1-19(2)16-6-4-5-7-17(16)22(3)18(19)12-13-21-15-10-8-14(20)9-11-15/h4-13H,1-3H3. The van der Waals surface area contributed by atoms with Gasteiger partial charge in [0, 0.05) is 30.1 Å². The smallest absolute Gasteiger partial charge is 0.123 e. The number of hydrogen-bond donors (Lipinski definition) is 0. The van der Waals surface area contributed by atoms with E-state index in [0.717, 1.165) is 5.69 Å². The van der Waals surface area contributed by atoms with Gasteiger partial charge in [-0.3, -0.25) is 4.99 Å². The van der Waals surface area contributed by atoms with E-state index in [1.54, 1.807) is 18.3 Å². The summed E-state index contributed by atoms with van der Waals surface area (Å²) in [5.41, 5.74) is 4.43. The SMILES string of the molecule is CN1C(=CC=Nc2ccc(F)cc2)C(C)(C)c2ccccc21. The lowest BCUT2D eigenvalue weighted by molar-refractivity contribution is 0.628. The molecule has 2 aromatic carbocycles. The number of anilines is 1. The molecule has 22 heavy (non-hydrogen) atoms. The van der Waals surface area contributed by atoms with Crippen LogP contribution in [0.2, 0.25) is 0 Å². The number of nitrogens with zero attached hydrogens (tertiary/aromatic N) is 2. The molecule has 0 amide bonds. The molecule has 3 rings (SSSR count). The van der Waals surface area contributed by atoms with Crippen molar-refractivity contribution in [3.63, 3.8) is 0 Å². The minimum Gasteiger partial charge on any atom is -0.347 e. The second kappa shape index (κ2) is 5.41. The fraction of sp³-hybridized carbons (Fsp3) is 0.211. The van der Waals surface area contributed by atoms with E-state index in [2.05, 4.69) is 55.1 Å². The molecule has 0 spiro atoms. The molecule has 0 saturated carbocycles.